The molecular formula is C16H20FN3. The number of nitrogens with zero attached hydrogens (tertiary/aromatic N) is 2. The van der Waals surface area contributed by atoms with Crippen molar-refractivity contribution in [3.05, 3.63) is 53.1 Å². The fourth-order valence-electron chi connectivity index (χ4n) is 3.00. The number of hydrogen-bond acceptors (Lipinski definition) is 2. The molecule has 0 bridgehead atoms. The van der Waals surface area contributed by atoms with Crippen LogP contribution in [0.1, 0.15) is 35.7 Å². The second kappa shape index (κ2) is 5.75. The Balaban J connectivity index is 1.61. The van der Waals surface area contributed by atoms with Crippen LogP contribution in [0.15, 0.2) is 30.5 Å². The second-order valence-corrected chi connectivity index (χ2v) is 5.41. The lowest BCUT2D eigenvalue weighted by Gasteiger charge is -2.24. The first-order valence-corrected chi connectivity index (χ1v) is 7.23. The molecule has 1 aromatic carbocycles. The Morgan fingerprint density at radius 2 is 2.25 bits per heavy atom. The molecule has 3 nitrogen and oxygen atoms in total. The summed E-state index contributed by atoms with van der Waals surface area (Å²) in [5, 5.41) is 7.89. The number of fused-ring (bicyclic) bond motifs is 1. The van der Waals surface area contributed by atoms with Crippen LogP contribution >= 0.6 is 0 Å². The van der Waals surface area contributed by atoms with Gasteiger partial charge in [0.2, 0.25) is 0 Å². The summed E-state index contributed by atoms with van der Waals surface area (Å²) in [7, 11) is 2.00. The van der Waals surface area contributed by atoms with Crippen LogP contribution in [-0.4, -0.2) is 16.3 Å². The molecule has 1 aromatic heterocycles. The molecule has 1 aliphatic rings. The zero-order valence-corrected chi connectivity index (χ0v) is 11.8. The molecule has 20 heavy (non-hydrogen) atoms. The number of rotatable bonds is 4. The van der Waals surface area contributed by atoms with Gasteiger partial charge in [0.25, 0.3) is 0 Å². The molecule has 0 radical (unpaired) electrons. The highest BCUT2D eigenvalue weighted by Gasteiger charge is 2.22. The Kier molecular flexibility index (Phi) is 3.83. The maximum atomic E-state index is 13.6. The predicted molar refractivity (Wildman–Crippen MR) is 77.0 cm³/mol. The van der Waals surface area contributed by atoms with Gasteiger partial charge in [-0.05, 0) is 43.9 Å². The number of aromatic nitrogens is 2. The maximum absolute atomic E-state index is 13.6. The van der Waals surface area contributed by atoms with E-state index in [1.807, 2.05) is 30.1 Å². The highest BCUT2D eigenvalue weighted by molar-refractivity contribution is 5.25. The topological polar surface area (TPSA) is 29.9 Å². The number of hydrogen-bond donors (Lipinski definition) is 1. The molecule has 1 N–H and O–H groups in total. The zero-order chi connectivity index (χ0) is 13.9. The van der Waals surface area contributed by atoms with Crippen molar-refractivity contribution in [2.24, 2.45) is 7.05 Å². The highest BCUT2D eigenvalue weighted by atomic mass is 19.1. The SMILES string of the molecule is Cn1ncc2c1CCCC2NCCc1ccccc1F. The molecule has 1 unspecified atom stereocenters. The van der Waals surface area contributed by atoms with Crippen molar-refractivity contribution in [3.63, 3.8) is 0 Å². The summed E-state index contributed by atoms with van der Waals surface area (Å²) in [4.78, 5) is 0. The lowest BCUT2D eigenvalue weighted by Crippen LogP contribution is -2.27. The van der Waals surface area contributed by atoms with E-state index in [9.17, 15) is 4.39 Å². The van der Waals surface area contributed by atoms with E-state index in [4.69, 9.17) is 0 Å². The molecule has 2 aromatic rings. The van der Waals surface area contributed by atoms with E-state index in [1.54, 1.807) is 6.07 Å². The van der Waals surface area contributed by atoms with E-state index in [1.165, 1.54) is 23.7 Å². The zero-order valence-electron chi connectivity index (χ0n) is 11.8. The summed E-state index contributed by atoms with van der Waals surface area (Å²) in [6.07, 6.45) is 6.12. The summed E-state index contributed by atoms with van der Waals surface area (Å²) in [5.74, 6) is -0.111. The van der Waals surface area contributed by atoms with Crippen molar-refractivity contribution in [1.29, 1.82) is 0 Å². The van der Waals surface area contributed by atoms with Crippen molar-refractivity contribution in [2.45, 2.75) is 31.7 Å². The molecule has 1 aliphatic carbocycles. The Morgan fingerprint density at radius 3 is 3.10 bits per heavy atom. The summed E-state index contributed by atoms with van der Waals surface area (Å²) >= 11 is 0. The smallest absolute Gasteiger partial charge is 0.126 e. The molecule has 4 heteroatoms. The van der Waals surface area contributed by atoms with Gasteiger partial charge in [-0.1, -0.05) is 18.2 Å². The lowest BCUT2D eigenvalue weighted by atomic mass is 9.93. The Labute approximate surface area is 118 Å². The van der Waals surface area contributed by atoms with Gasteiger partial charge in [-0.15, -0.1) is 0 Å². The Morgan fingerprint density at radius 1 is 1.40 bits per heavy atom. The molecule has 106 valence electrons. The number of benzene rings is 1. The summed E-state index contributed by atoms with van der Waals surface area (Å²) < 4.78 is 15.5. The predicted octanol–water partition coefficient (Wildman–Crippen LogP) is 2.77. The summed E-state index contributed by atoms with van der Waals surface area (Å²) in [6, 6.07) is 7.36. The Hall–Kier alpha value is -1.68. The monoisotopic (exact) mass is 273 g/mol. The van der Waals surface area contributed by atoms with Crippen molar-refractivity contribution in [2.75, 3.05) is 6.54 Å². The summed E-state index contributed by atoms with van der Waals surface area (Å²) in [6.45, 7) is 0.792. The van der Waals surface area contributed by atoms with Gasteiger partial charge in [0.1, 0.15) is 5.82 Å². The third kappa shape index (κ3) is 2.61. The van der Waals surface area contributed by atoms with E-state index >= 15 is 0 Å². The molecule has 0 amide bonds. The van der Waals surface area contributed by atoms with Gasteiger partial charge >= 0.3 is 0 Å². The van der Waals surface area contributed by atoms with E-state index in [0.29, 0.717) is 6.04 Å². The number of aryl methyl sites for hydroxylation is 1. The summed E-state index contributed by atoms with van der Waals surface area (Å²) in [5.41, 5.74) is 3.43. The maximum Gasteiger partial charge on any atom is 0.126 e. The van der Waals surface area contributed by atoms with Crippen LogP contribution in [0.25, 0.3) is 0 Å². The van der Waals surface area contributed by atoms with E-state index < -0.39 is 0 Å². The fourth-order valence-corrected chi connectivity index (χ4v) is 3.00. The van der Waals surface area contributed by atoms with Crippen molar-refractivity contribution in [3.8, 4) is 0 Å². The van der Waals surface area contributed by atoms with Gasteiger partial charge in [0.05, 0.1) is 6.20 Å². The van der Waals surface area contributed by atoms with E-state index in [-0.39, 0.29) is 5.82 Å². The highest BCUT2D eigenvalue weighted by Crippen LogP contribution is 2.28. The molecule has 0 spiro atoms. The molecule has 0 fully saturated rings. The van der Waals surface area contributed by atoms with Gasteiger partial charge < -0.3 is 5.32 Å². The first-order chi connectivity index (χ1) is 9.75. The van der Waals surface area contributed by atoms with Crippen LogP contribution < -0.4 is 5.32 Å². The first-order valence-electron chi connectivity index (χ1n) is 7.23. The number of halogens is 1. The Bertz CT molecular complexity index is 591. The minimum atomic E-state index is -0.111. The lowest BCUT2D eigenvalue weighted by molar-refractivity contribution is 0.453. The van der Waals surface area contributed by atoms with Gasteiger partial charge in [-0.25, -0.2) is 4.39 Å². The molecule has 1 atom stereocenters. The van der Waals surface area contributed by atoms with Crippen molar-refractivity contribution >= 4 is 0 Å². The molecule has 1 heterocycles. The average molecular weight is 273 g/mol. The molecule has 0 saturated heterocycles. The molecule has 3 rings (SSSR count). The minimum Gasteiger partial charge on any atom is -0.309 e. The standard InChI is InChI=1S/C16H20FN3/c1-20-16-8-4-7-15(13(16)11-19-20)18-10-9-12-5-2-3-6-14(12)17/h2-3,5-6,11,15,18H,4,7-10H2,1H3. The normalized spacial score (nSPS) is 18.0. The van der Waals surface area contributed by atoms with Gasteiger partial charge in [0, 0.05) is 24.3 Å². The van der Waals surface area contributed by atoms with Crippen LogP contribution in [0.2, 0.25) is 0 Å². The van der Waals surface area contributed by atoms with Crippen molar-refractivity contribution in [1.82, 2.24) is 15.1 Å². The van der Waals surface area contributed by atoms with Gasteiger partial charge in [-0.3, -0.25) is 4.68 Å². The third-order valence-electron chi connectivity index (χ3n) is 4.12. The van der Waals surface area contributed by atoms with Crippen LogP contribution in [0.4, 0.5) is 4.39 Å². The van der Waals surface area contributed by atoms with Gasteiger partial charge in [-0.2, -0.15) is 5.10 Å². The van der Waals surface area contributed by atoms with E-state index in [2.05, 4.69) is 10.4 Å². The molecule has 0 saturated carbocycles. The number of nitrogens with one attached hydrogen (secondary N) is 1. The van der Waals surface area contributed by atoms with Crippen molar-refractivity contribution < 1.29 is 4.39 Å². The minimum absolute atomic E-state index is 0.111. The fraction of sp³-hybridized carbons (Fsp3) is 0.438. The van der Waals surface area contributed by atoms with Crippen LogP contribution in [0.5, 0.6) is 0 Å². The largest absolute Gasteiger partial charge is 0.309 e. The molecular weight excluding hydrogens is 253 g/mol. The first kappa shape index (κ1) is 13.3. The van der Waals surface area contributed by atoms with Crippen LogP contribution in [0, 0.1) is 5.82 Å². The van der Waals surface area contributed by atoms with Crippen LogP contribution in [-0.2, 0) is 19.9 Å². The van der Waals surface area contributed by atoms with Crippen LogP contribution in [0.3, 0.4) is 0 Å². The molecule has 0 aliphatic heterocycles. The third-order valence-corrected chi connectivity index (χ3v) is 4.12. The average Bonchev–Trinajstić information content (AvgIpc) is 2.84. The quantitative estimate of drug-likeness (QED) is 0.928. The van der Waals surface area contributed by atoms with Gasteiger partial charge in [0.15, 0.2) is 0 Å². The van der Waals surface area contributed by atoms with E-state index in [0.717, 1.165) is 31.4 Å². The second-order valence-electron chi connectivity index (χ2n) is 5.41.